The number of amides is 1. The van der Waals surface area contributed by atoms with E-state index >= 15 is 0 Å². The summed E-state index contributed by atoms with van der Waals surface area (Å²) in [5.74, 6) is -1.64. The van der Waals surface area contributed by atoms with Crippen LogP contribution in [0.4, 0.5) is 12.9 Å². The molecule has 0 aromatic rings. The second kappa shape index (κ2) is 10.8. The lowest BCUT2D eigenvalue weighted by molar-refractivity contribution is -0.138. The molecule has 0 aliphatic heterocycles. The number of primary amides is 1. The number of halogens is 3. The van der Waals surface area contributed by atoms with E-state index in [1.165, 1.54) is 0 Å². The molecule has 90 valence electrons. The number of hydrogen-bond donors (Lipinski definition) is 3. The Bertz CT molecular complexity index is 192. The summed E-state index contributed by atoms with van der Waals surface area (Å²) in [6.45, 7) is 0. The fraction of sp³-hybridized carbons (Fsp3) is 0.667. The fourth-order valence-electron chi connectivity index (χ4n) is 0.421. The Labute approximate surface area is 85.8 Å². The summed E-state index contributed by atoms with van der Waals surface area (Å²) in [7, 11) is -3.67. The van der Waals surface area contributed by atoms with Crippen LogP contribution >= 0.6 is 0 Å². The van der Waals surface area contributed by atoms with E-state index in [0.717, 1.165) is 0 Å². The molecule has 0 fully saturated rings. The molecule has 9 heteroatoms. The van der Waals surface area contributed by atoms with E-state index in [-0.39, 0.29) is 20.3 Å². The number of rotatable bonds is 4. The van der Waals surface area contributed by atoms with Crippen molar-refractivity contribution in [2.75, 3.05) is 0 Å². The van der Waals surface area contributed by atoms with E-state index in [9.17, 15) is 22.5 Å². The molecular weight excluding hydrogens is 216 g/mol. The molecule has 0 aromatic carbocycles. The van der Waals surface area contributed by atoms with E-state index in [4.69, 9.17) is 16.6 Å². The average Bonchev–Trinajstić information content (AvgIpc) is 1.98. The van der Waals surface area contributed by atoms with Gasteiger partial charge in [0, 0.05) is 6.42 Å². The molecule has 5 N–H and O–H groups in total. The van der Waals surface area contributed by atoms with Crippen LogP contribution in [-0.2, 0) is 9.59 Å². The zero-order chi connectivity index (χ0) is 11.7. The van der Waals surface area contributed by atoms with Gasteiger partial charge in [-0.1, -0.05) is 7.43 Å². The number of carbonyl (C=O) groups excluding carboxylic acids is 1. The van der Waals surface area contributed by atoms with Crippen molar-refractivity contribution >= 4 is 19.4 Å². The van der Waals surface area contributed by atoms with E-state index < -0.39 is 25.5 Å². The molecule has 15 heavy (non-hydrogen) atoms. The zero-order valence-corrected chi connectivity index (χ0v) is 7.12. The van der Waals surface area contributed by atoms with Gasteiger partial charge in [0.15, 0.2) is 0 Å². The topological polar surface area (TPSA) is 106 Å². The summed E-state index contributed by atoms with van der Waals surface area (Å²) in [5, 5.41) is 8.22. The number of aliphatic carboxylic acids is 1. The lowest BCUT2D eigenvalue weighted by atomic mass is 10.2. The number of carboxylic acid groups (broad SMARTS) is 1. The molecule has 1 amide bonds. The quantitative estimate of drug-likeness (QED) is 0.598. The first-order valence-corrected chi connectivity index (χ1v) is 3.46. The van der Waals surface area contributed by atoms with Gasteiger partial charge < -0.3 is 16.6 Å². The number of hydrogen-bond acceptors (Lipinski definition) is 3. The van der Waals surface area contributed by atoms with Gasteiger partial charge >= 0.3 is 13.5 Å². The predicted octanol–water partition coefficient (Wildman–Crippen LogP) is 0.180. The van der Waals surface area contributed by atoms with E-state index in [1.807, 2.05) is 0 Å². The van der Waals surface area contributed by atoms with Gasteiger partial charge in [-0.3, -0.25) is 22.5 Å². The molecule has 0 rings (SSSR count). The fourth-order valence-corrected chi connectivity index (χ4v) is 0.421. The highest BCUT2D eigenvalue weighted by Crippen LogP contribution is 1.92. The maximum atomic E-state index is 10.1. The summed E-state index contributed by atoms with van der Waals surface area (Å²) in [5.41, 5.74) is 9.81. The minimum Gasteiger partial charge on any atom is -0.480 e. The first kappa shape index (κ1) is 19.3. The third kappa shape index (κ3) is 24.5. The van der Waals surface area contributed by atoms with Crippen LogP contribution in [0.25, 0.3) is 0 Å². The van der Waals surface area contributed by atoms with Crippen LogP contribution in [0.2, 0.25) is 0 Å². The van der Waals surface area contributed by atoms with Crippen molar-refractivity contribution in [3.63, 3.8) is 0 Å². The smallest absolute Gasteiger partial charge is 0.480 e. The predicted molar refractivity (Wildman–Crippen MR) is 49.8 cm³/mol. The third-order valence-corrected chi connectivity index (χ3v) is 1.02. The summed E-state index contributed by atoms with van der Waals surface area (Å²) in [4.78, 5) is 20.1. The highest BCUT2D eigenvalue weighted by atomic mass is 19.4. The van der Waals surface area contributed by atoms with Crippen molar-refractivity contribution in [2.24, 2.45) is 11.5 Å². The maximum absolute atomic E-state index is 10.1. The van der Waals surface area contributed by atoms with E-state index in [1.54, 1.807) is 0 Å². The molecule has 0 spiro atoms. The molecule has 0 aromatic heterocycles. The second-order valence-corrected chi connectivity index (χ2v) is 2.20. The summed E-state index contributed by atoms with van der Waals surface area (Å²) in [6, 6.07) is -0.979. The molecular formula is C6H14BF3N2O3. The number of carbonyl (C=O) groups is 2. The van der Waals surface area contributed by atoms with Crippen molar-refractivity contribution in [1.29, 1.82) is 0 Å². The Morgan fingerprint density at radius 3 is 1.87 bits per heavy atom. The molecule has 0 radical (unpaired) electrons. The average molecular weight is 230 g/mol. The van der Waals surface area contributed by atoms with Crippen molar-refractivity contribution in [1.82, 2.24) is 0 Å². The van der Waals surface area contributed by atoms with Gasteiger partial charge in [0.2, 0.25) is 5.91 Å². The molecule has 5 nitrogen and oxygen atoms in total. The molecule has 0 saturated heterocycles. The third-order valence-electron chi connectivity index (χ3n) is 1.02. The van der Waals surface area contributed by atoms with Gasteiger partial charge in [-0.2, -0.15) is 0 Å². The Kier molecular flexibility index (Phi) is 14.0. The molecule has 1 atom stereocenters. The Balaban J connectivity index is -0.000000249. The van der Waals surface area contributed by atoms with Gasteiger partial charge in [0.1, 0.15) is 6.04 Å². The molecule has 0 aliphatic carbocycles. The van der Waals surface area contributed by atoms with Gasteiger partial charge in [-0.25, -0.2) is 0 Å². The molecule has 0 aliphatic rings. The summed E-state index contributed by atoms with van der Waals surface area (Å²) >= 11 is 0. The number of carboxylic acids is 1. The monoisotopic (exact) mass is 230 g/mol. The van der Waals surface area contributed by atoms with E-state index in [2.05, 4.69) is 0 Å². The van der Waals surface area contributed by atoms with Crippen LogP contribution in [0.1, 0.15) is 20.3 Å². The van der Waals surface area contributed by atoms with Crippen LogP contribution in [0.3, 0.4) is 0 Å². The second-order valence-electron chi connectivity index (χ2n) is 2.20. The van der Waals surface area contributed by atoms with Crippen molar-refractivity contribution < 1.29 is 27.6 Å². The first-order chi connectivity index (χ1) is 6.27. The Hall–Kier alpha value is -1.25. The lowest BCUT2D eigenvalue weighted by Crippen LogP contribution is -2.31. The highest BCUT2D eigenvalue weighted by molar-refractivity contribution is 6.33. The van der Waals surface area contributed by atoms with Gasteiger partial charge in [-0.15, -0.1) is 0 Å². The van der Waals surface area contributed by atoms with Crippen LogP contribution < -0.4 is 11.5 Å². The van der Waals surface area contributed by atoms with Crippen LogP contribution in [-0.4, -0.2) is 30.6 Å². The highest BCUT2D eigenvalue weighted by Gasteiger charge is 2.11. The SMILES string of the molecule is C.FB(F)F.NC(=O)CCC(N)C(=O)O. The normalized spacial score (nSPS) is 10.1. The van der Waals surface area contributed by atoms with Crippen molar-refractivity contribution in [3.05, 3.63) is 0 Å². The molecule has 0 saturated carbocycles. The minimum atomic E-state index is -3.67. The minimum absolute atomic E-state index is 0. The summed E-state index contributed by atoms with van der Waals surface area (Å²) in [6.07, 6.45) is 0.123. The molecule has 1 unspecified atom stereocenters. The van der Waals surface area contributed by atoms with Gasteiger partial charge in [0.05, 0.1) is 0 Å². The summed E-state index contributed by atoms with van der Waals surface area (Å²) < 4.78 is 29.0. The van der Waals surface area contributed by atoms with E-state index in [0.29, 0.717) is 0 Å². The maximum Gasteiger partial charge on any atom is 0.762 e. The van der Waals surface area contributed by atoms with Gasteiger partial charge in [0.25, 0.3) is 0 Å². The zero-order valence-electron chi connectivity index (χ0n) is 7.12. The standard InChI is InChI=1S/C5H10N2O3.CH4.BF3/c6-3(5(9)10)1-2-4(7)8;;2-1(3)4/h3H,1-2,6H2,(H2,7,8)(H,9,10);1H4;. The van der Waals surface area contributed by atoms with Crippen molar-refractivity contribution in [2.45, 2.75) is 26.3 Å². The largest absolute Gasteiger partial charge is 0.762 e. The Morgan fingerprint density at radius 1 is 1.33 bits per heavy atom. The van der Waals surface area contributed by atoms with Gasteiger partial charge in [-0.05, 0) is 6.42 Å². The van der Waals surface area contributed by atoms with Crippen LogP contribution in [0.15, 0.2) is 0 Å². The first-order valence-electron chi connectivity index (χ1n) is 3.46. The molecule has 0 heterocycles. The Morgan fingerprint density at radius 2 is 1.67 bits per heavy atom. The van der Waals surface area contributed by atoms with Crippen LogP contribution in [0, 0.1) is 0 Å². The van der Waals surface area contributed by atoms with Crippen molar-refractivity contribution in [3.8, 4) is 0 Å². The van der Waals surface area contributed by atoms with Crippen LogP contribution in [0.5, 0.6) is 0 Å². The number of nitrogens with two attached hydrogens (primary N) is 2. The molecule has 0 bridgehead atoms. The lowest BCUT2D eigenvalue weighted by Gasteiger charge is -2.01.